The summed E-state index contributed by atoms with van der Waals surface area (Å²) in [5, 5.41) is 15.8. The predicted molar refractivity (Wildman–Crippen MR) is 105 cm³/mol. The maximum absolute atomic E-state index is 12.7. The highest BCUT2D eigenvalue weighted by atomic mass is 32.2. The molecule has 1 fully saturated rings. The average Bonchev–Trinajstić information content (AvgIpc) is 3.14. The van der Waals surface area contributed by atoms with E-state index in [1.807, 2.05) is 13.0 Å². The Morgan fingerprint density at radius 1 is 1.03 bits per heavy atom. The Kier molecular flexibility index (Phi) is 9.37. The van der Waals surface area contributed by atoms with Crippen LogP contribution in [0.1, 0.15) is 12.0 Å². The van der Waals surface area contributed by atoms with Gasteiger partial charge in [-0.1, -0.05) is 12.1 Å². The number of aliphatic carboxylic acids is 2. The molecule has 16 heteroatoms. The molecular formula is C18H19F6N3O6S. The fourth-order valence-corrected chi connectivity index (χ4v) is 4.35. The molecule has 4 N–H and O–H groups in total. The third-order valence-corrected chi connectivity index (χ3v) is 6.18. The van der Waals surface area contributed by atoms with E-state index in [9.17, 15) is 34.8 Å². The first-order valence-corrected chi connectivity index (χ1v) is 10.5. The highest BCUT2D eigenvalue weighted by Crippen LogP contribution is 2.28. The number of halogens is 6. The summed E-state index contributed by atoms with van der Waals surface area (Å²) >= 11 is 0. The molecule has 190 valence electrons. The first-order valence-electron chi connectivity index (χ1n) is 9.08. The number of carboxylic acids is 2. The number of aromatic nitrogens is 1. The maximum Gasteiger partial charge on any atom is 0.490 e. The SMILES string of the molecule is Cc1cncc2c(S(=O)(=O)N3CC[C@H](N)C3)cccc12.O=C(O)C(F)(F)F.O=C(O)C(F)(F)F. The fraction of sp³-hybridized carbons (Fsp3) is 0.389. The second-order valence-electron chi connectivity index (χ2n) is 6.83. The lowest BCUT2D eigenvalue weighted by Crippen LogP contribution is -2.32. The van der Waals surface area contributed by atoms with E-state index in [0.29, 0.717) is 29.8 Å². The molecule has 1 aliphatic heterocycles. The number of benzene rings is 1. The molecule has 1 atom stereocenters. The lowest BCUT2D eigenvalue weighted by molar-refractivity contribution is -0.193. The summed E-state index contributed by atoms with van der Waals surface area (Å²) < 4.78 is 90.4. The molecule has 0 unspecified atom stereocenters. The number of rotatable bonds is 2. The van der Waals surface area contributed by atoms with Gasteiger partial charge in [0.05, 0.1) is 4.90 Å². The van der Waals surface area contributed by atoms with Gasteiger partial charge in [-0.05, 0) is 30.4 Å². The zero-order valence-corrected chi connectivity index (χ0v) is 18.1. The van der Waals surface area contributed by atoms with Crippen molar-refractivity contribution in [3.8, 4) is 0 Å². The molecule has 0 radical (unpaired) electrons. The van der Waals surface area contributed by atoms with Crippen LogP contribution in [0.2, 0.25) is 0 Å². The van der Waals surface area contributed by atoms with Crippen LogP contribution in [-0.4, -0.2) is 71.3 Å². The van der Waals surface area contributed by atoms with E-state index < -0.39 is 34.3 Å². The summed E-state index contributed by atoms with van der Waals surface area (Å²) in [7, 11) is -3.50. The van der Waals surface area contributed by atoms with Gasteiger partial charge in [0.25, 0.3) is 0 Å². The van der Waals surface area contributed by atoms with Crippen molar-refractivity contribution < 1.29 is 54.6 Å². The van der Waals surface area contributed by atoms with Gasteiger partial charge in [0, 0.05) is 36.9 Å². The van der Waals surface area contributed by atoms with E-state index >= 15 is 0 Å². The monoisotopic (exact) mass is 519 g/mol. The second kappa shape index (κ2) is 11.0. The Balaban J connectivity index is 0.000000343. The summed E-state index contributed by atoms with van der Waals surface area (Å²) in [5.74, 6) is -5.51. The zero-order valence-electron chi connectivity index (χ0n) is 17.3. The van der Waals surface area contributed by atoms with Crippen molar-refractivity contribution in [1.82, 2.24) is 9.29 Å². The van der Waals surface area contributed by atoms with Gasteiger partial charge in [0.2, 0.25) is 10.0 Å². The van der Waals surface area contributed by atoms with Crippen molar-refractivity contribution in [2.45, 2.75) is 36.6 Å². The second-order valence-corrected chi connectivity index (χ2v) is 8.73. The Morgan fingerprint density at radius 3 is 1.94 bits per heavy atom. The fourth-order valence-electron chi connectivity index (χ4n) is 2.65. The van der Waals surface area contributed by atoms with Crippen molar-refractivity contribution >= 4 is 32.7 Å². The van der Waals surface area contributed by atoms with Gasteiger partial charge in [0.1, 0.15) is 0 Å². The van der Waals surface area contributed by atoms with Crippen LogP contribution in [0.15, 0.2) is 35.5 Å². The molecule has 2 heterocycles. The molecule has 3 rings (SSSR count). The van der Waals surface area contributed by atoms with Crippen LogP contribution >= 0.6 is 0 Å². The van der Waals surface area contributed by atoms with Gasteiger partial charge in [-0.3, -0.25) is 4.98 Å². The summed E-state index contributed by atoms with van der Waals surface area (Å²) in [4.78, 5) is 22.2. The van der Waals surface area contributed by atoms with E-state index in [-0.39, 0.29) is 6.04 Å². The molecule has 1 aliphatic rings. The first-order chi connectivity index (χ1) is 15.4. The minimum atomic E-state index is -5.08. The predicted octanol–water partition coefficient (Wildman–Crippen LogP) is 2.53. The molecule has 0 amide bonds. The molecule has 1 aromatic heterocycles. The number of alkyl halides is 6. The van der Waals surface area contributed by atoms with Gasteiger partial charge >= 0.3 is 24.3 Å². The standard InChI is InChI=1S/C14H17N3O2S.2C2HF3O2/c1-10-7-16-8-13-12(10)3-2-4-14(13)20(18,19)17-6-5-11(15)9-17;2*3-2(4,5)1(6)7/h2-4,7-8,11H,5-6,9,15H2,1H3;2*(H,6,7)/t11-;;/m0../s1. The highest BCUT2D eigenvalue weighted by molar-refractivity contribution is 7.89. The van der Waals surface area contributed by atoms with Crippen molar-refractivity contribution in [3.05, 3.63) is 36.2 Å². The molecule has 9 nitrogen and oxygen atoms in total. The van der Waals surface area contributed by atoms with E-state index in [2.05, 4.69) is 4.98 Å². The number of nitrogens with zero attached hydrogens (tertiary/aromatic N) is 2. The topological polar surface area (TPSA) is 151 Å². The van der Waals surface area contributed by atoms with E-state index in [0.717, 1.165) is 10.9 Å². The molecule has 2 aromatic rings. The lowest BCUT2D eigenvalue weighted by Gasteiger charge is -2.17. The van der Waals surface area contributed by atoms with Crippen LogP contribution in [0.4, 0.5) is 26.3 Å². The molecule has 0 spiro atoms. The minimum Gasteiger partial charge on any atom is -0.475 e. The number of fused-ring (bicyclic) bond motifs is 1. The summed E-state index contributed by atoms with van der Waals surface area (Å²) in [6, 6.07) is 5.27. The van der Waals surface area contributed by atoms with Crippen LogP contribution in [0.25, 0.3) is 10.8 Å². The number of sulfonamides is 1. The summed E-state index contributed by atoms with van der Waals surface area (Å²) in [5.41, 5.74) is 6.79. The third-order valence-electron chi connectivity index (χ3n) is 4.25. The van der Waals surface area contributed by atoms with Gasteiger partial charge in [-0.2, -0.15) is 30.6 Å². The summed E-state index contributed by atoms with van der Waals surface area (Å²) in [6.07, 6.45) is -6.10. The largest absolute Gasteiger partial charge is 0.490 e. The van der Waals surface area contributed by atoms with Gasteiger partial charge in [-0.15, -0.1) is 0 Å². The molecule has 0 saturated carbocycles. The Labute approximate surface area is 188 Å². The Bertz CT molecular complexity index is 1110. The van der Waals surface area contributed by atoms with Crippen LogP contribution in [0.5, 0.6) is 0 Å². The van der Waals surface area contributed by atoms with Gasteiger partial charge in [-0.25, -0.2) is 18.0 Å². The number of carboxylic acid groups (broad SMARTS) is 2. The van der Waals surface area contributed by atoms with Crippen molar-refractivity contribution in [3.63, 3.8) is 0 Å². The van der Waals surface area contributed by atoms with Gasteiger partial charge < -0.3 is 15.9 Å². The highest BCUT2D eigenvalue weighted by Gasteiger charge is 2.39. The molecule has 1 aromatic carbocycles. The summed E-state index contributed by atoms with van der Waals surface area (Å²) in [6.45, 7) is 2.80. The Hall–Kier alpha value is -2.98. The minimum absolute atomic E-state index is 0.0698. The van der Waals surface area contributed by atoms with Crippen molar-refractivity contribution in [2.75, 3.05) is 13.1 Å². The maximum atomic E-state index is 12.7. The van der Waals surface area contributed by atoms with E-state index in [1.165, 1.54) is 4.31 Å². The molecule has 34 heavy (non-hydrogen) atoms. The zero-order chi connectivity index (χ0) is 26.5. The molecule has 1 saturated heterocycles. The van der Waals surface area contributed by atoms with Gasteiger partial charge in [0.15, 0.2) is 0 Å². The van der Waals surface area contributed by atoms with Crippen molar-refractivity contribution in [2.24, 2.45) is 5.73 Å². The van der Waals surface area contributed by atoms with Crippen LogP contribution in [-0.2, 0) is 19.6 Å². The molecule has 0 aliphatic carbocycles. The third kappa shape index (κ3) is 7.81. The quantitative estimate of drug-likeness (QED) is 0.512. The van der Waals surface area contributed by atoms with E-state index in [4.69, 9.17) is 25.5 Å². The molecular weight excluding hydrogens is 500 g/mol. The number of hydrogen-bond acceptors (Lipinski definition) is 6. The number of nitrogens with two attached hydrogens (primary N) is 1. The number of pyridine rings is 1. The normalized spacial score (nSPS) is 16.8. The number of hydrogen-bond donors (Lipinski definition) is 3. The Morgan fingerprint density at radius 2 is 1.53 bits per heavy atom. The first kappa shape index (κ1) is 29.1. The average molecular weight is 519 g/mol. The lowest BCUT2D eigenvalue weighted by atomic mass is 10.1. The van der Waals surface area contributed by atoms with Crippen molar-refractivity contribution in [1.29, 1.82) is 0 Å². The van der Waals surface area contributed by atoms with Crippen LogP contribution in [0.3, 0.4) is 0 Å². The smallest absolute Gasteiger partial charge is 0.475 e. The van der Waals surface area contributed by atoms with Crippen LogP contribution in [0, 0.1) is 6.92 Å². The van der Waals surface area contributed by atoms with Crippen LogP contribution < -0.4 is 5.73 Å². The molecule has 0 bridgehead atoms. The number of carbonyl (C=O) groups is 2. The number of aryl methyl sites for hydroxylation is 1. The van der Waals surface area contributed by atoms with E-state index in [1.54, 1.807) is 24.5 Å².